The van der Waals surface area contributed by atoms with Gasteiger partial charge in [-0.25, -0.2) is 8.42 Å². The fourth-order valence-corrected chi connectivity index (χ4v) is 4.08. The lowest BCUT2D eigenvalue weighted by Crippen LogP contribution is -2.31. The summed E-state index contributed by atoms with van der Waals surface area (Å²) in [7, 11) is -3.21. The molecule has 1 aromatic carbocycles. The highest BCUT2D eigenvalue weighted by molar-refractivity contribution is 7.90. The number of nitrogens with zero attached hydrogens (tertiary/aromatic N) is 1. The molecule has 4 nitrogen and oxygen atoms in total. The maximum absolute atomic E-state index is 12.2. The summed E-state index contributed by atoms with van der Waals surface area (Å²) in [5.41, 5.74) is 7.49. The SMILES string of the molecule is CC(C)C[C@H](N)CS(=O)(=O)Cc1cnc2ccccc2c1.Cl.Cl. The van der Waals surface area contributed by atoms with Crippen LogP contribution in [0.15, 0.2) is 36.5 Å². The van der Waals surface area contributed by atoms with Gasteiger partial charge in [-0.05, 0) is 30.0 Å². The Kier molecular flexibility index (Phi) is 9.06. The number of aromatic nitrogens is 1. The second-order valence-corrected chi connectivity index (χ2v) is 8.09. The smallest absolute Gasteiger partial charge is 0.156 e. The minimum absolute atomic E-state index is 0. The first kappa shape index (κ1) is 22.1. The number of fused-ring (bicyclic) bond motifs is 1. The first-order valence-electron chi connectivity index (χ1n) is 7.15. The molecule has 23 heavy (non-hydrogen) atoms. The van der Waals surface area contributed by atoms with Crippen molar-refractivity contribution in [2.75, 3.05) is 5.75 Å². The van der Waals surface area contributed by atoms with Crippen LogP contribution in [-0.2, 0) is 15.6 Å². The number of hydrogen-bond acceptors (Lipinski definition) is 4. The Balaban J connectivity index is 0.00000242. The summed E-state index contributed by atoms with van der Waals surface area (Å²) in [6.07, 6.45) is 2.35. The molecule has 2 rings (SSSR count). The van der Waals surface area contributed by atoms with Crippen LogP contribution < -0.4 is 5.73 Å². The Morgan fingerprint density at radius 3 is 2.48 bits per heavy atom. The molecule has 0 bridgehead atoms. The van der Waals surface area contributed by atoms with Crippen molar-refractivity contribution in [1.29, 1.82) is 0 Å². The number of hydrogen-bond donors (Lipinski definition) is 1. The molecule has 1 aromatic heterocycles. The van der Waals surface area contributed by atoms with E-state index in [9.17, 15) is 8.42 Å². The van der Waals surface area contributed by atoms with Crippen LogP contribution >= 0.6 is 24.8 Å². The predicted molar refractivity (Wildman–Crippen MR) is 101 cm³/mol. The summed E-state index contributed by atoms with van der Waals surface area (Å²) in [6.45, 7) is 4.08. The van der Waals surface area contributed by atoms with Crippen molar-refractivity contribution in [3.63, 3.8) is 0 Å². The third-order valence-corrected chi connectivity index (χ3v) is 4.99. The van der Waals surface area contributed by atoms with Gasteiger partial charge in [0.2, 0.25) is 0 Å². The van der Waals surface area contributed by atoms with Crippen molar-refractivity contribution in [3.05, 3.63) is 42.1 Å². The van der Waals surface area contributed by atoms with Crippen LogP contribution in [0.3, 0.4) is 0 Å². The van der Waals surface area contributed by atoms with Gasteiger partial charge in [0.1, 0.15) is 0 Å². The van der Waals surface area contributed by atoms with Crippen LogP contribution in [0.4, 0.5) is 0 Å². The summed E-state index contributed by atoms with van der Waals surface area (Å²) in [4.78, 5) is 4.30. The highest BCUT2D eigenvalue weighted by Crippen LogP contribution is 2.15. The Labute approximate surface area is 150 Å². The molecule has 0 spiro atoms. The van der Waals surface area contributed by atoms with E-state index in [1.54, 1.807) is 6.20 Å². The quantitative estimate of drug-likeness (QED) is 0.835. The van der Waals surface area contributed by atoms with Gasteiger partial charge in [0.05, 0.1) is 17.0 Å². The van der Waals surface area contributed by atoms with Crippen LogP contribution in [0.1, 0.15) is 25.8 Å². The molecule has 0 unspecified atom stereocenters. The third-order valence-electron chi connectivity index (χ3n) is 3.28. The van der Waals surface area contributed by atoms with E-state index in [-0.39, 0.29) is 42.4 Å². The molecule has 1 atom stereocenters. The number of rotatable bonds is 6. The van der Waals surface area contributed by atoms with E-state index >= 15 is 0 Å². The Morgan fingerprint density at radius 2 is 1.83 bits per heavy atom. The highest BCUT2D eigenvalue weighted by atomic mass is 35.5. The van der Waals surface area contributed by atoms with Crippen LogP contribution in [0.25, 0.3) is 10.9 Å². The molecule has 0 saturated carbocycles. The number of halogens is 2. The standard InChI is InChI=1S/C16H22N2O2S.2ClH/c1-12(2)7-15(17)11-21(19,20)10-13-8-14-5-3-4-6-16(14)18-9-13;;/h3-6,8-9,12,15H,7,10-11,17H2,1-2H3;2*1H/t15-;;/m0../s1. The molecule has 0 aliphatic rings. The third kappa shape index (κ3) is 7.04. The number of para-hydroxylation sites is 1. The van der Waals surface area contributed by atoms with Crippen molar-refractivity contribution in [1.82, 2.24) is 4.98 Å². The second-order valence-electron chi connectivity index (χ2n) is 5.98. The van der Waals surface area contributed by atoms with Crippen molar-refractivity contribution < 1.29 is 8.42 Å². The van der Waals surface area contributed by atoms with Gasteiger partial charge in [0, 0.05) is 17.6 Å². The molecule has 2 aromatic rings. The molecule has 1 heterocycles. The summed E-state index contributed by atoms with van der Waals surface area (Å²) < 4.78 is 24.4. The maximum atomic E-state index is 12.2. The van der Waals surface area contributed by atoms with Gasteiger partial charge in [-0.2, -0.15) is 0 Å². The van der Waals surface area contributed by atoms with E-state index < -0.39 is 9.84 Å². The summed E-state index contributed by atoms with van der Waals surface area (Å²) >= 11 is 0. The van der Waals surface area contributed by atoms with Crippen molar-refractivity contribution in [2.45, 2.75) is 32.1 Å². The zero-order valence-electron chi connectivity index (χ0n) is 13.3. The zero-order chi connectivity index (χ0) is 15.5. The van der Waals surface area contributed by atoms with Gasteiger partial charge < -0.3 is 5.73 Å². The minimum Gasteiger partial charge on any atom is -0.327 e. The molecule has 0 aliphatic carbocycles. The topological polar surface area (TPSA) is 73.1 Å². The van der Waals surface area contributed by atoms with E-state index in [4.69, 9.17) is 5.73 Å². The van der Waals surface area contributed by atoms with Crippen LogP contribution in [-0.4, -0.2) is 25.2 Å². The molecule has 2 N–H and O–H groups in total. The number of benzene rings is 1. The number of sulfone groups is 1. The lowest BCUT2D eigenvalue weighted by Gasteiger charge is -2.14. The van der Waals surface area contributed by atoms with Gasteiger partial charge in [0.25, 0.3) is 0 Å². The number of pyridine rings is 1. The molecule has 130 valence electrons. The first-order chi connectivity index (χ1) is 9.85. The van der Waals surface area contributed by atoms with E-state index in [2.05, 4.69) is 4.98 Å². The van der Waals surface area contributed by atoms with E-state index in [1.807, 2.05) is 44.2 Å². The molecule has 7 heteroatoms. The lowest BCUT2D eigenvalue weighted by molar-refractivity contribution is 0.512. The highest BCUT2D eigenvalue weighted by Gasteiger charge is 2.18. The summed E-state index contributed by atoms with van der Waals surface area (Å²) in [5, 5.41) is 0.955. The van der Waals surface area contributed by atoms with Gasteiger partial charge in [-0.15, -0.1) is 24.8 Å². The fraction of sp³-hybridized carbons (Fsp3) is 0.438. The normalized spacial score (nSPS) is 12.5. The van der Waals surface area contributed by atoms with E-state index in [0.29, 0.717) is 11.5 Å². The first-order valence-corrected chi connectivity index (χ1v) is 8.97. The van der Waals surface area contributed by atoms with Gasteiger partial charge in [-0.1, -0.05) is 32.0 Å². The minimum atomic E-state index is -3.21. The Morgan fingerprint density at radius 1 is 1.17 bits per heavy atom. The number of nitrogens with two attached hydrogens (primary N) is 1. The summed E-state index contributed by atoms with van der Waals surface area (Å²) in [6, 6.07) is 9.25. The largest absolute Gasteiger partial charge is 0.327 e. The molecule has 0 saturated heterocycles. The zero-order valence-corrected chi connectivity index (χ0v) is 15.8. The maximum Gasteiger partial charge on any atom is 0.156 e. The summed E-state index contributed by atoms with van der Waals surface area (Å²) in [5.74, 6) is 0.423. The van der Waals surface area contributed by atoms with Crippen molar-refractivity contribution >= 4 is 45.6 Å². The average Bonchev–Trinajstić information content (AvgIpc) is 2.36. The van der Waals surface area contributed by atoms with Gasteiger partial charge >= 0.3 is 0 Å². The second kappa shape index (κ2) is 9.42. The van der Waals surface area contributed by atoms with Gasteiger partial charge in [-0.3, -0.25) is 4.98 Å². The monoisotopic (exact) mass is 378 g/mol. The van der Waals surface area contributed by atoms with Crippen molar-refractivity contribution in [2.24, 2.45) is 11.7 Å². The van der Waals surface area contributed by atoms with Crippen molar-refractivity contribution in [3.8, 4) is 0 Å². The van der Waals surface area contributed by atoms with Crippen LogP contribution in [0, 0.1) is 5.92 Å². The Hall–Kier alpha value is -0.880. The molecule has 0 radical (unpaired) electrons. The average molecular weight is 379 g/mol. The predicted octanol–water partition coefficient (Wildman–Crippen LogP) is 3.37. The van der Waals surface area contributed by atoms with Crippen LogP contribution in [0.5, 0.6) is 0 Å². The fourth-order valence-electron chi connectivity index (χ4n) is 2.51. The molecular weight excluding hydrogens is 355 g/mol. The molecule has 0 fully saturated rings. The van der Waals surface area contributed by atoms with E-state index in [1.165, 1.54) is 0 Å². The van der Waals surface area contributed by atoms with Crippen LogP contribution in [0.2, 0.25) is 0 Å². The van der Waals surface area contributed by atoms with Gasteiger partial charge in [0.15, 0.2) is 9.84 Å². The molecule has 0 amide bonds. The molecular formula is C16H24Cl2N2O2S. The molecule has 0 aliphatic heterocycles. The Bertz CT molecular complexity index is 721. The van der Waals surface area contributed by atoms with E-state index in [0.717, 1.165) is 17.3 Å². The lowest BCUT2D eigenvalue weighted by atomic mass is 10.1.